The third-order valence-corrected chi connectivity index (χ3v) is 4.42. The van der Waals surface area contributed by atoms with Crippen molar-refractivity contribution in [2.75, 3.05) is 7.11 Å². The van der Waals surface area contributed by atoms with Crippen molar-refractivity contribution < 1.29 is 9.53 Å². The number of carbonyl (C=O) groups is 1. The Labute approximate surface area is 154 Å². The van der Waals surface area contributed by atoms with Crippen LogP contribution in [0.4, 0.5) is 0 Å². The SMILES string of the molecule is COc1ccc(/C=C2/N=C(CCc3ccccc3)NC2=O)cc1C(C)C. The van der Waals surface area contributed by atoms with Gasteiger partial charge in [0.15, 0.2) is 0 Å². The number of nitrogens with zero attached hydrogens (tertiary/aromatic N) is 1. The highest BCUT2D eigenvalue weighted by atomic mass is 16.5. The normalized spacial score (nSPS) is 15.3. The molecule has 0 atom stereocenters. The fourth-order valence-electron chi connectivity index (χ4n) is 2.99. The molecular formula is C22H24N2O2. The number of amidine groups is 1. The number of benzene rings is 2. The summed E-state index contributed by atoms with van der Waals surface area (Å²) in [5.74, 6) is 1.79. The molecular weight excluding hydrogens is 324 g/mol. The first-order chi connectivity index (χ1) is 12.6. The Kier molecular flexibility index (Phi) is 5.52. The zero-order valence-corrected chi connectivity index (χ0v) is 15.5. The first kappa shape index (κ1) is 17.9. The number of rotatable bonds is 6. The third kappa shape index (κ3) is 4.20. The molecule has 134 valence electrons. The Balaban J connectivity index is 1.77. The van der Waals surface area contributed by atoms with Crippen LogP contribution in [0.3, 0.4) is 0 Å². The monoisotopic (exact) mass is 348 g/mol. The maximum Gasteiger partial charge on any atom is 0.275 e. The molecule has 2 aromatic rings. The Hall–Kier alpha value is -2.88. The van der Waals surface area contributed by atoms with Crippen LogP contribution in [0.5, 0.6) is 5.75 Å². The second-order valence-electron chi connectivity index (χ2n) is 6.68. The van der Waals surface area contributed by atoms with Gasteiger partial charge in [0.1, 0.15) is 17.3 Å². The van der Waals surface area contributed by atoms with E-state index < -0.39 is 0 Å². The van der Waals surface area contributed by atoms with Gasteiger partial charge >= 0.3 is 0 Å². The Bertz CT molecular complexity index is 852. The second-order valence-corrected chi connectivity index (χ2v) is 6.68. The molecule has 0 unspecified atom stereocenters. The zero-order chi connectivity index (χ0) is 18.5. The Morgan fingerprint density at radius 3 is 2.58 bits per heavy atom. The highest BCUT2D eigenvalue weighted by Gasteiger charge is 2.20. The summed E-state index contributed by atoms with van der Waals surface area (Å²) in [6, 6.07) is 16.1. The van der Waals surface area contributed by atoms with E-state index in [-0.39, 0.29) is 5.91 Å². The summed E-state index contributed by atoms with van der Waals surface area (Å²) >= 11 is 0. The molecule has 0 aliphatic carbocycles. The fraction of sp³-hybridized carbons (Fsp3) is 0.273. The second kappa shape index (κ2) is 8.00. The summed E-state index contributed by atoms with van der Waals surface area (Å²) in [7, 11) is 1.67. The van der Waals surface area contributed by atoms with Crippen molar-refractivity contribution in [2.24, 2.45) is 4.99 Å². The first-order valence-corrected chi connectivity index (χ1v) is 8.89. The standard InChI is InChI=1S/C22H24N2O2/c1-15(2)18-13-17(9-11-20(18)26-3)14-19-22(25)24-21(23-19)12-10-16-7-5-4-6-8-16/h4-9,11,13-15H,10,12H2,1-3H3,(H,23,24,25)/b19-14+. The molecule has 1 heterocycles. The highest BCUT2D eigenvalue weighted by molar-refractivity contribution is 6.14. The van der Waals surface area contributed by atoms with Gasteiger partial charge in [0, 0.05) is 6.42 Å². The lowest BCUT2D eigenvalue weighted by Gasteiger charge is -2.12. The summed E-state index contributed by atoms with van der Waals surface area (Å²) in [5, 5.41) is 2.87. The maximum absolute atomic E-state index is 12.2. The van der Waals surface area contributed by atoms with Crippen molar-refractivity contribution in [3.63, 3.8) is 0 Å². The van der Waals surface area contributed by atoms with Crippen LogP contribution in [-0.4, -0.2) is 18.9 Å². The number of amides is 1. The third-order valence-electron chi connectivity index (χ3n) is 4.42. The number of aryl methyl sites for hydroxylation is 1. The molecule has 0 bridgehead atoms. The number of hydrogen-bond donors (Lipinski definition) is 1. The van der Waals surface area contributed by atoms with Gasteiger partial charge in [0.05, 0.1) is 7.11 Å². The number of methoxy groups -OCH3 is 1. The number of nitrogens with one attached hydrogen (secondary N) is 1. The van der Waals surface area contributed by atoms with Crippen LogP contribution in [-0.2, 0) is 11.2 Å². The lowest BCUT2D eigenvalue weighted by Crippen LogP contribution is -2.24. The van der Waals surface area contributed by atoms with Crippen LogP contribution in [0.1, 0.15) is 42.9 Å². The quantitative estimate of drug-likeness (QED) is 0.791. The van der Waals surface area contributed by atoms with Crippen molar-refractivity contribution in [2.45, 2.75) is 32.6 Å². The molecule has 26 heavy (non-hydrogen) atoms. The minimum absolute atomic E-state index is 0.144. The molecule has 0 aromatic heterocycles. The molecule has 2 aromatic carbocycles. The smallest absolute Gasteiger partial charge is 0.275 e. The van der Waals surface area contributed by atoms with Crippen molar-refractivity contribution in [1.29, 1.82) is 0 Å². The van der Waals surface area contributed by atoms with Crippen LogP contribution < -0.4 is 10.1 Å². The van der Waals surface area contributed by atoms with E-state index in [9.17, 15) is 4.79 Å². The van der Waals surface area contributed by atoms with E-state index in [1.54, 1.807) is 7.11 Å². The molecule has 4 nitrogen and oxygen atoms in total. The number of carbonyl (C=O) groups excluding carboxylic acids is 1. The van der Waals surface area contributed by atoms with E-state index in [1.807, 2.05) is 36.4 Å². The summed E-state index contributed by atoms with van der Waals surface area (Å²) < 4.78 is 5.42. The predicted molar refractivity (Wildman–Crippen MR) is 105 cm³/mol. The number of ether oxygens (including phenoxy) is 1. The molecule has 1 aliphatic rings. The van der Waals surface area contributed by atoms with Crippen LogP contribution in [0.25, 0.3) is 6.08 Å². The van der Waals surface area contributed by atoms with Crippen molar-refractivity contribution in [3.05, 3.63) is 70.9 Å². The lowest BCUT2D eigenvalue weighted by atomic mass is 9.99. The van der Waals surface area contributed by atoms with Gasteiger partial charge in [-0.05, 0) is 47.2 Å². The largest absolute Gasteiger partial charge is 0.496 e. The van der Waals surface area contributed by atoms with Gasteiger partial charge in [-0.1, -0.05) is 50.2 Å². The average Bonchev–Trinajstić information content (AvgIpc) is 3.00. The summed E-state index contributed by atoms with van der Waals surface area (Å²) in [5.41, 5.74) is 3.76. The van der Waals surface area contributed by atoms with E-state index in [2.05, 4.69) is 42.4 Å². The van der Waals surface area contributed by atoms with Gasteiger partial charge in [0.25, 0.3) is 5.91 Å². The van der Waals surface area contributed by atoms with E-state index in [1.165, 1.54) is 5.56 Å². The lowest BCUT2D eigenvalue weighted by molar-refractivity contribution is -0.115. The van der Waals surface area contributed by atoms with E-state index >= 15 is 0 Å². The molecule has 0 fully saturated rings. The van der Waals surface area contributed by atoms with E-state index in [0.717, 1.165) is 29.1 Å². The van der Waals surface area contributed by atoms with E-state index in [4.69, 9.17) is 4.74 Å². The summed E-state index contributed by atoms with van der Waals surface area (Å²) in [4.78, 5) is 16.7. The average molecular weight is 348 g/mol. The molecule has 0 radical (unpaired) electrons. The first-order valence-electron chi connectivity index (χ1n) is 8.89. The van der Waals surface area contributed by atoms with Crippen LogP contribution in [0.2, 0.25) is 0 Å². The molecule has 1 amide bonds. The van der Waals surface area contributed by atoms with Crippen LogP contribution in [0.15, 0.2) is 59.2 Å². The van der Waals surface area contributed by atoms with Gasteiger partial charge in [0.2, 0.25) is 0 Å². The molecule has 1 N–H and O–H groups in total. The topological polar surface area (TPSA) is 50.7 Å². The Morgan fingerprint density at radius 1 is 1.12 bits per heavy atom. The van der Waals surface area contributed by atoms with Gasteiger partial charge < -0.3 is 10.1 Å². The van der Waals surface area contributed by atoms with Crippen molar-refractivity contribution in [1.82, 2.24) is 5.32 Å². The minimum atomic E-state index is -0.144. The highest BCUT2D eigenvalue weighted by Crippen LogP contribution is 2.28. The van der Waals surface area contributed by atoms with Gasteiger partial charge in [-0.15, -0.1) is 0 Å². The van der Waals surface area contributed by atoms with Crippen LogP contribution in [0, 0.1) is 0 Å². The van der Waals surface area contributed by atoms with Crippen molar-refractivity contribution in [3.8, 4) is 5.75 Å². The van der Waals surface area contributed by atoms with Crippen LogP contribution >= 0.6 is 0 Å². The Morgan fingerprint density at radius 2 is 1.88 bits per heavy atom. The fourth-order valence-corrected chi connectivity index (χ4v) is 2.99. The zero-order valence-electron chi connectivity index (χ0n) is 15.5. The molecule has 0 saturated carbocycles. The number of aliphatic imine (C=N–C) groups is 1. The molecule has 1 aliphatic heterocycles. The molecule has 3 rings (SSSR count). The predicted octanol–water partition coefficient (Wildman–Crippen LogP) is 4.32. The molecule has 0 spiro atoms. The summed E-state index contributed by atoms with van der Waals surface area (Å²) in [6.45, 7) is 4.24. The maximum atomic E-state index is 12.2. The van der Waals surface area contributed by atoms with Gasteiger partial charge in [-0.3, -0.25) is 4.79 Å². The number of hydrogen-bond acceptors (Lipinski definition) is 3. The molecule has 4 heteroatoms. The van der Waals surface area contributed by atoms with Gasteiger partial charge in [-0.25, -0.2) is 4.99 Å². The molecule has 0 saturated heterocycles. The van der Waals surface area contributed by atoms with E-state index in [0.29, 0.717) is 18.0 Å². The summed E-state index contributed by atoms with van der Waals surface area (Å²) in [6.07, 6.45) is 3.40. The van der Waals surface area contributed by atoms with Gasteiger partial charge in [-0.2, -0.15) is 0 Å². The van der Waals surface area contributed by atoms with Crippen molar-refractivity contribution >= 4 is 17.8 Å². The minimum Gasteiger partial charge on any atom is -0.496 e.